The van der Waals surface area contributed by atoms with E-state index in [1.807, 2.05) is 6.07 Å². The molecule has 0 saturated heterocycles. The summed E-state index contributed by atoms with van der Waals surface area (Å²) in [6, 6.07) is 8.38. The zero-order valence-electron chi connectivity index (χ0n) is 12.1. The number of nitrogens with zero attached hydrogens (tertiary/aromatic N) is 3. The van der Waals surface area contributed by atoms with Gasteiger partial charge < -0.3 is 10.3 Å². The van der Waals surface area contributed by atoms with Crippen molar-refractivity contribution in [2.24, 2.45) is 5.73 Å². The maximum absolute atomic E-state index is 5.72. The van der Waals surface area contributed by atoms with Gasteiger partial charge in [0.15, 0.2) is 5.82 Å². The first-order chi connectivity index (χ1) is 8.99. The predicted octanol–water partition coefficient (Wildman–Crippen LogP) is 2.72. The van der Waals surface area contributed by atoms with E-state index >= 15 is 0 Å². The fourth-order valence-electron chi connectivity index (χ4n) is 2.35. The molecule has 0 aliphatic heterocycles. The van der Waals surface area contributed by atoms with E-state index in [0.29, 0.717) is 6.54 Å². The molecule has 0 aliphatic carbocycles. The van der Waals surface area contributed by atoms with Crippen LogP contribution in [0.15, 0.2) is 24.3 Å². The maximum atomic E-state index is 5.72. The molecule has 0 bridgehead atoms. The van der Waals surface area contributed by atoms with Crippen LogP contribution in [0.5, 0.6) is 0 Å². The second-order valence-corrected chi connectivity index (χ2v) is 5.68. The summed E-state index contributed by atoms with van der Waals surface area (Å²) in [5.41, 5.74) is 8.21. The lowest BCUT2D eigenvalue weighted by molar-refractivity contribution is 0.590. The van der Waals surface area contributed by atoms with Crippen LogP contribution in [0.2, 0.25) is 0 Å². The first-order valence-electron chi connectivity index (χ1n) is 6.71. The van der Waals surface area contributed by atoms with Crippen LogP contribution in [0, 0.1) is 0 Å². The summed E-state index contributed by atoms with van der Waals surface area (Å²) in [5, 5.41) is 8.53. The Bertz CT molecular complexity index is 564. The molecule has 0 spiro atoms. The van der Waals surface area contributed by atoms with E-state index in [0.717, 1.165) is 23.8 Å². The summed E-state index contributed by atoms with van der Waals surface area (Å²) in [6.45, 7) is 9.96. The predicted molar refractivity (Wildman–Crippen MR) is 77.7 cm³/mol. The number of benzene rings is 1. The summed E-state index contributed by atoms with van der Waals surface area (Å²) in [7, 11) is 0. The van der Waals surface area contributed by atoms with Gasteiger partial charge in [0.1, 0.15) is 5.82 Å². The summed E-state index contributed by atoms with van der Waals surface area (Å²) in [4.78, 5) is 0. The van der Waals surface area contributed by atoms with Gasteiger partial charge in [-0.2, -0.15) is 0 Å². The highest BCUT2D eigenvalue weighted by atomic mass is 15.3. The number of aromatic nitrogens is 3. The Balaban J connectivity index is 2.63. The van der Waals surface area contributed by atoms with E-state index in [9.17, 15) is 0 Å². The van der Waals surface area contributed by atoms with E-state index in [1.165, 1.54) is 5.56 Å². The van der Waals surface area contributed by atoms with Gasteiger partial charge in [0.2, 0.25) is 0 Å². The van der Waals surface area contributed by atoms with Crippen LogP contribution in [-0.4, -0.2) is 14.8 Å². The molecule has 4 heteroatoms. The van der Waals surface area contributed by atoms with Crippen molar-refractivity contribution < 1.29 is 0 Å². The van der Waals surface area contributed by atoms with Crippen LogP contribution in [0.3, 0.4) is 0 Å². The van der Waals surface area contributed by atoms with Gasteiger partial charge in [0, 0.05) is 12.1 Å². The summed E-state index contributed by atoms with van der Waals surface area (Å²) >= 11 is 0. The van der Waals surface area contributed by atoms with Gasteiger partial charge in [0.25, 0.3) is 0 Å². The third-order valence-electron chi connectivity index (χ3n) is 3.30. The molecule has 102 valence electrons. The minimum absolute atomic E-state index is 0.0734. The maximum Gasteiger partial charge on any atom is 0.164 e. The molecule has 2 rings (SSSR count). The second-order valence-electron chi connectivity index (χ2n) is 5.68. The Kier molecular flexibility index (Phi) is 3.71. The fourth-order valence-corrected chi connectivity index (χ4v) is 2.35. The van der Waals surface area contributed by atoms with Crippen molar-refractivity contribution in [1.82, 2.24) is 14.8 Å². The van der Waals surface area contributed by atoms with E-state index in [1.54, 1.807) is 0 Å². The van der Waals surface area contributed by atoms with Crippen molar-refractivity contribution in [1.29, 1.82) is 0 Å². The molecule has 0 radical (unpaired) electrons. The molecular weight excluding hydrogens is 236 g/mol. The van der Waals surface area contributed by atoms with Crippen molar-refractivity contribution in [2.75, 3.05) is 0 Å². The quantitative estimate of drug-likeness (QED) is 0.921. The molecule has 4 nitrogen and oxygen atoms in total. The smallest absolute Gasteiger partial charge is 0.164 e. The highest BCUT2D eigenvalue weighted by Crippen LogP contribution is 2.32. The van der Waals surface area contributed by atoms with Gasteiger partial charge in [0.05, 0.1) is 6.54 Å². The molecule has 1 heterocycles. The van der Waals surface area contributed by atoms with Gasteiger partial charge in [-0.05, 0) is 17.9 Å². The van der Waals surface area contributed by atoms with Gasteiger partial charge in [-0.15, -0.1) is 10.2 Å². The Labute approximate surface area is 114 Å². The third-order valence-corrected chi connectivity index (χ3v) is 3.30. The van der Waals surface area contributed by atoms with Crippen LogP contribution in [0.4, 0.5) is 0 Å². The summed E-state index contributed by atoms with van der Waals surface area (Å²) in [6.07, 6.45) is 0. The molecule has 0 aliphatic rings. The van der Waals surface area contributed by atoms with E-state index in [2.05, 4.69) is 60.7 Å². The third kappa shape index (κ3) is 2.54. The fraction of sp³-hybridized carbons (Fsp3) is 0.467. The van der Waals surface area contributed by atoms with Gasteiger partial charge in [-0.25, -0.2) is 0 Å². The molecule has 0 saturated carbocycles. The Morgan fingerprint density at radius 2 is 1.84 bits per heavy atom. The molecular formula is C15H22N4. The molecule has 1 aromatic carbocycles. The lowest BCUT2D eigenvalue weighted by Crippen LogP contribution is -2.14. The van der Waals surface area contributed by atoms with Crippen molar-refractivity contribution in [3.63, 3.8) is 0 Å². The summed E-state index contributed by atoms with van der Waals surface area (Å²) < 4.78 is 2.09. The molecule has 0 amide bonds. The minimum Gasteiger partial charge on any atom is -0.324 e. The molecule has 0 fully saturated rings. The van der Waals surface area contributed by atoms with Crippen molar-refractivity contribution >= 4 is 0 Å². The Hall–Kier alpha value is -1.68. The van der Waals surface area contributed by atoms with Gasteiger partial charge >= 0.3 is 0 Å². The standard InChI is InChI=1S/C15H22N4/c1-5-19-13(10-16)17-18-14(19)11-8-6-7-9-12(11)15(2,3)4/h6-9H,5,10,16H2,1-4H3. The zero-order valence-corrected chi connectivity index (χ0v) is 12.1. The molecule has 0 unspecified atom stereocenters. The average Bonchev–Trinajstić information content (AvgIpc) is 2.80. The van der Waals surface area contributed by atoms with Crippen LogP contribution in [0.25, 0.3) is 11.4 Å². The molecule has 1 aromatic heterocycles. The van der Waals surface area contributed by atoms with E-state index < -0.39 is 0 Å². The largest absolute Gasteiger partial charge is 0.324 e. The van der Waals surface area contributed by atoms with Gasteiger partial charge in [-0.3, -0.25) is 0 Å². The number of hydrogen-bond donors (Lipinski definition) is 1. The SMILES string of the molecule is CCn1c(CN)nnc1-c1ccccc1C(C)(C)C. The highest BCUT2D eigenvalue weighted by molar-refractivity contribution is 5.62. The van der Waals surface area contributed by atoms with E-state index in [4.69, 9.17) is 5.73 Å². The second kappa shape index (κ2) is 5.13. The van der Waals surface area contributed by atoms with Crippen LogP contribution < -0.4 is 5.73 Å². The van der Waals surface area contributed by atoms with Gasteiger partial charge in [-0.1, -0.05) is 45.0 Å². The lowest BCUT2D eigenvalue weighted by Gasteiger charge is -2.22. The Morgan fingerprint density at radius 3 is 2.42 bits per heavy atom. The highest BCUT2D eigenvalue weighted by Gasteiger charge is 2.21. The van der Waals surface area contributed by atoms with Crippen LogP contribution >= 0.6 is 0 Å². The number of hydrogen-bond acceptors (Lipinski definition) is 3. The monoisotopic (exact) mass is 258 g/mol. The molecule has 0 atom stereocenters. The normalized spacial score (nSPS) is 11.8. The first kappa shape index (κ1) is 13.7. The molecule has 19 heavy (non-hydrogen) atoms. The summed E-state index contributed by atoms with van der Waals surface area (Å²) in [5.74, 6) is 1.75. The molecule has 2 N–H and O–H groups in total. The number of rotatable bonds is 3. The van der Waals surface area contributed by atoms with Crippen molar-refractivity contribution in [2.45, 2.75) is 46.2 Å². The van der Waals surface area contributed by atoms with Crippen LogP contribution in [0.1, 0.15) is 39.1 Å². The lowest BCUT2D eigenvalue weighted by atomic mass is 9.83. The molecule has 2 aromatic rings. The zero-order chi connectivity index (χ0) is 14.0. The first-order valence-corrected chi connectivity index (χ1v) is 6.71. The topological polar surface area (TPSA) is 56.7 Å². The van der Waals surface area contributed by atoms with Crippen LogP contribution in [-0.2, 0) is 18.5 Å². The minimum atomic E-state index is 0.0734. The number of nitrogens with two attached hydrogens (primary N) is 1. The average molecular weight is 258 g/mol. The Morgan fingerprint density at radius 1 is 1.16 bits per heavy atom. The van der Waals surface area contributed by atoms with E-state index in [-0.39, 0.29) is 5.41 Å². The van der Waals surface area contributed by atoms with Crippen molar-refractivity contribution in [3.05, 3.63) is 35.7 Å². The van der Waals surface area contributed by atoms with Crippen molar-refractivity contribution in [3.8, 4) is 11.4 Å².